The molecule has 0 fully saturated rings. The van der Waals surface area contributed by atoms with E-state index >= 15 is 0 Å². The van der Waals surface area contributed by atoms with Crippen LogP contribution in [-0.2, 0) is 12.8 Å². The summed E-state index contributed by atoms with van der Waals surface area (Å²) in [5, 5.41) is 13.1. The van der Waals surface area contributed by atoms with E-state index in [1.165, 1.54) is 42.5 Å². The number of nitrogens with zero attached hydrogens (tertiary/aromatic N) is 1. The van der Waals surface area contributed by atoms with Crippen molar-refractivity contribution in [3.05, 3.63) is 22.4 Å². The first-order valence-corrected chi connectivity index (χ1v) is 8.43. The van der Waals surface area contributed by atoms with Crippen LogP contribution in [-0.4, -0.2) is 6.54 Å². The first-order valence-electron chi connectivity index (χ1n) is 8.43. The quantitative estimate of drug-likeness (QED) is 0.804. The highest BCUT2D eigenvalue weighted by Gasteiger charge is 2.26. The van der Waals surface area contributed by atoms with Gasteiger partial charge in [-0.25, -0.2) is 4.98 Å². The second kappa shape index (κ2) is 7.45. The normalized spacial score (nSPS) is 13.9. The minimum Gasteiger partial charge on any atom is -0.273 e. The molecular formula is C18H28N3+. The highest BCUT2D eigenvalue weighted by Crippen LogP contribution is 2.31. The third-order valence-corrected chi connectivity index (χ3v) is 4.38. The van der Waals surface area contributed by atoms with Crippen molar-refractivity contribution in [1.82, 2.24) is 0 Å². The molecule has 0 saturated carbocycles. The van der Waals surface area contributed by atoms with Crippen LogP contribution in [0, 0.1) is 11.3 Å². The molecular weight excluding hydrogens is 258 g/mol. The molecule has 0 saturated heterocycles. The van der Waals surface area contributed by atoms with Gasteiger partial charge in [0.25, 0.3) is 5.82 Å². The van der Waals surface area contributed by atoms with Crippen LogP contribution in [0.5, 0.6) is 0 Å². The number of anilines is 1. The number of nitriles is 1. The third kappa shape index (κ3) is 3.56. The number of rotatable bonds is 6. The lowest BCUT2D eigenvalue weighted by molar-refractivity contribution is -0.377. The first-order chi connectivity index (χ1) is 10.2. The van der Waals surface area contributed by atoms with Crippen molar-refractivity contribution in [2.75, 3.05) is 11.9 Å². The lowest BCUT2D eigenvalue weighted by Gasteiger charge is -2.21. The van der Waals surface area contributed by atoms with Gasteiger partial charge in [0, 0.05) is 5.92 Å². The van der Waals surface area contributed by atoms with Crippen LogP contribution < -0.4 is 10.3 Å². The van der Waals surface area contributed by atoms with Gasteiger partial charge in [0.15, 0.2) is 0 Å². The number of aromatic nitrogens is 1. The van der Waals surface area contributed by atoms with Crippen LogP contribution in [0.3, 0.4) is 0 Å². The Kier molecular flexibility index (Phi) is 5.61. The van der Waals surface area contributed by atoms with Crippen LogP contribution in [0.4, 0.5) is 5.82 Å². The average Bonchev–Trinajstić information content (AvgIpc) is 2.50. The van der Waals surface area contributed by atoms with Gasteiger partial charge in [-0.15, -0.1) is 0 Å². The van der Waals surface area contributed by atoms with Gasteiger partial charge < -0.3 is 0 Å². The molecule has 1 aromatic heterocycles. The second-order valence-electron chi connectivity index (χ2n) is 6.35. The van der Waals surface area contributed by atoms with E-state index in [1.54, 1.807) is 0 Å². The van der Waals surface area contributed by atoms with Gasteiger partial charge in [0.2, 0.25) is 0 Å². The first kappa shape index (κ1) is 15.8. The van der Waals surface area contributed by atoms with Gasteiger partial charge in [-0.1, -0.05) is 27.2 Å². The Balaban J connectivity index is 2.35. The molecule has 2 rings (SSSR count). The minimum absolute atomic E-state index is 0.473. The summed E-state index contributed by atoms with van der Waals surface area (Å²) in [6, 6.07) is 2.44. The van der Waals surface area contributed by atoms with Crippen LogP contribution in [0.15, 0.2) is 0 Å². The molecule has 3 nitrogen and oxygen atoms in total. The van der Waals surface area contributed by atoms with Crippen molar-refractivity contribution in [1.29, 1.82) is 5.26 Å². The lowest BCUT2D eigenvalue weighted by Crippen LogP contribution is -2.27. The zero-order valence-electron chi connectivity index (χ0n) is 13.7. The van der Waals surface area contributed by atoms with Crippen LogP contribution in [0.2, 0.25) is 0 Å². The van der Waals surface area contributed by atoms with E-state index in [0.29, 0.717) is 5.92 Å². The number of hydrogen-bond acceptors (Lipinski definition) is 2. The summed E-state index contributed by atoms with van der Waals surface area (Å²) in [5.41, 5.74) is 4.88. The fraction of sp³-hybridized carbons (Fsp3) is 0.667. The van der Waals surface area contributed by atoms with E-state index in [1.807, 2.05) is 0 Å². The zero-order valence-corrected chi connectivity index (χ0v) is 13.7. The summed E-state index contributed by atoms with van der Waals surface area (Å²) in [6.07, 6.45) is 8.23. The summed E-state index contributed by atoms with van der Waals surface area (Å²) >= 11 is 0. The highest BCUT2D eigenvalue weighted by molar-refractivity contribution is 5.56. The van der Waals surface area contributed by atoms with Crippen molar-refractivity contribution < 1.29 is 4.98 Å². The maximum atomic E-state index is 9.60. The van der Waals surface area contributed by atoms with Gasteiger partial charge >= 0.3 is 0 Å². The van der Waals surface area contributed by atoms with Crippen molar-refractivity contribution in [3.63, 3.8) is 0 Å². The molecule has 0 atom stereocenters. The maximum Gasteiger partial charge on any atom is 0.290 e. The largest absolute Gasteiger partial charge is 0.290 e. The highest BCUT2D eigenvalue weighted by atomic mass is 15.0. The zero-order chi connectivity index (χ0) is 15.2. The van der Waals surface area contributed by atoms with Gasteiger partial charge in [-0.3, -0.25) is 5.32 Å². The molecule has 0 aliphatic heterocycles. The number of fused-ring (bicyclic) bond motifs is 1. The molecule has 0 aromatic carbocycles. The second-order valence-corrected chi connectivity index (χ2v) is 6.35. The topological polar surface area (TPSA) is 50.0 Å². The summed E-state index contributed by atoms with van der Waals surface area (Å²) in [4.78, 5) is 3.53. The standard InChI is InChI=1S/C18H27N3/c1-4-5-8-11-20-18-16(12-19)14-9-6-7-10-15(14)17(21-18)13(2)3/h13H,4-11H2,1-3H3,(H,20,21)/p+1. The molecule has 0 spiro atoms. The molecule has 0 radical (unpaired) electrons. The molecule has 1 heterocycles. The Bertz CT molecular complexity index is 526. The van der Waals surface area contributed by atoms with E-state index in [4.69, 9.17) is 0 Å². The summed E-state index contributed by atoms with van der Waals surface area (Å²) in [5.74, 6) is 1.42. The molecule has 0 amide bonds. The molecule has 0 unspecified atom stereocenters. The Morgan fingerprint density at radius 2 is 1.90 bits per heavy atom. The molecule has 0 bridgehead atoms. The fourth-order valence-electron chi connectivity index (χ4n) is 3.24. The van der Waals surface area contributed by atoms with Gasteiger partial charge in [-0.05, 0) is 49.7 Å². The number of nitrogens with one attached hydrogen (secondary N) is 2. The van der Waals surface area contributed by atoms with E-state index in [-0.39, 0.29) is 0 Å². The fourth-order valence-corrected chi connectivity index (χ4v) is 3.24. The minimum atomic E-state index is 0.473. The molecule has 3 heteroatoms. The summed E-state index contributed by atoms with van der Waals surface area (Å²) < 4.78 is 0. The molecule has 1 aliphatic carbocycles. The third-order valence-electron chi connectivity index (χ3n) is 4.38. The SMILES string of the molecule is CCCCCNc1[nH+]c(C(C)C)c2c(c1C#N)CCCC2. The Morgan fingerprint density at radius 3 is 2.52 bits per heavy atom. The monoisotopic (exact) mass is 286 g/mol. The summed E-state index contributed by atoms with van der Waals surface area (Å²) in [7, 11) is 0. The molecule has 2 N–H and O–H groups in total. The molecule has 114 valence electrons. The number of aromatic amines is 1. The van der Waals surface area contributed by atoms with Crippen LogP contribution in [0.1, 0.15) is 81.2 Å². The average molecular weight is 286 g/mol. The maximum absolute atomic E-state index is 9.60. The van der Waals surface area contributed by atoms with Crippen molar-refractivity contribution >= 4 is 5.82 Å². The van der Waals surface area contributed by atoms with Gasteiger partial charge in [0.05, 0.1) is 6.54 Å². The van der Waals surface area contributed by atoms with E-state index in [2.05, 4.69) is 37.1 Å². The van der Waals surface area contributed by atoms with Crippen molar-refractivity contribution in [3.8, 4) is 6.07 Å². The number of H-pyrrole nitrogens is 1. The van der Waals surface area contributed by atoms with Crippen molar-refractivity contribution in [2.45, 2.75) is 71.6 Å². The number of unbranched alkanes of at least 4 members (excludes halogenated alkanes) is 2. The predicted molar refractivity (Wildman–Crippen MR) is 86.5 cm³/mol. The van der Waals surface area contributed by atoms with Crippen molar-refractivity contribution in [2.24, 2.45) is 0 Å². The lowest BCUT2D eigenvalue weighted by atomic mass is 9.85. The van der Waals surface area contributed by atoms with Gasteiger partial charge in [0.1, 0.15) is 17.3 Å². The number of hydrogen-bond donors (Lipinski definition) is 1. The van der Waals surface area contributed by atoms with Gasteiger partial charge in [-0.2, -0.15) is 5.26 Å². The molecule has 1 aliphatic rings. The smallest absolute Gasteiger partial charge is 0.273 e. The molecule has 21 heavy (non-hydrogen) atoms. The van der Waals surface area contributed by atoms with E-state index in [0.717, 1.165) is 37.2 Å². The predicted octanol–water partition coefficient (Wildman–Crippen LogP) is 3.98. The summed E-state index contributed by atoms with van der Waals surface area (Å²) in [6.45, 7) is 7.61. The van der Waals surface area contributed by atoms with E-state index < -0.39 is 0 Å². The Morgan fingerprint density at radius 1 is 1.19 bits per heavy atom. The molecule has 1 aromatic rings. The Labute approximate surface area is 128 Å². The van der Waals surface area contributed by atoms with E-state index in [9.17, 15) is 5.26 Å². The van der Waals surface area contributed by atoms with Crippen LogP contribution >= 0.6 is 0 Å². The number of pyridine rings is 1. The Hall–Kier alpha value is -1.56. The van der Waals surface area contributed by atoms with Crippen LogP contribution in [0.25, 0.3) is 0 Å².